The van der Waals surface area contributed by atoms with Crippen LogP contribution in [-0.2, 0) is 23.1 Å². The molecule has 1 aromatic heterocycles. The number of hydrogen-bond acceptors (Lipinski definition) is 5. The Bertz CT molecular complexity index is 1760. The van der Waals surface area contributed by atoms with Crippen LogP contribution in [-0.4, -0.2) is 46.0 Å². The van der Waals surface area contributed by atoms with E-state index >= 15 is 0 Å². The Morgan fingerprint density at radius 3 is 2.38 bits per heavy atom. The van der Waals surface area contributed by atoms with Crippen molar-refractivity contribution in [2.45, 2.75) is 38.1 Å². The van der Waals surface area contributed by atoms with Crippen LogP contribution >= 0.6 is 0 Å². The monoisotopic (exact) mass is 577 g/mol. The summed E-state index contributed by atoms with van der Waals surface area (Å²) in [5, 5.41) is 4.94. The minimum absolute atomic E-state index is 0.112. The number of carbonyl (C=O) groups excluding carboxylic acids is 3. The molecule has 1 fully saturated rings. The van der Waals surface area contributed by atoms with Crippen LogP contribution < -0.4 is 15.4 Å². The van der Waals surface area contributed by atoms with Gasteiger partial charge < -0.3 is 19.5 Å². The minimum atomic E-state index is -4.57. The smallest absolute Gasteiger partial charge is 0.416 e. The number of carbonyl (C=O) groups is 3. The van der Waals surface area contributed by atoms with Crippen LogP contribution in [0.3, 0.4) is 0 Å². The summed E-state index contributed by atoms with van der Waals surface area (Å²) in [7, 11) is 1.50. The number of urea groups is 1. The van der Waals surface area contributed by atoms with E-state index in [4.69, 9.17) is 4.74 Å². The van der Waals surface area contributed by atoms with Crippen LogP contribution in [0.15, 0.2) is 60.9 Å². The van der Waals surface area contributed by atoms with E-state index < -0.39 is 29.2 Å². The van der Waals surface area contributed by atoms with Crippen LogP contribution in [0.2, 0.25) is 0 Å². The third-order valence-electron chi connectivity index (χ3n) is 7.82. The number of methoxy groups -OCH3 is 1. The summed E-state index contributed by atoms with van der Waals surface area (Å²) in [6.07, 6.45) is -3.06. The van der Waals surface area contributed by atoms with Gasteiger partial charge in [-0.05, 0) is 54.8 Å². The maximum absolute atomic E-state index is 13.9. The lowest BCUT2D eigenvalue weighted by molar-refractivity contribution is -0.137. The van der Waals surface area contributed by atoms with Crippen molar-refractivity contribution in [3.8, 4) is 16.9 Å². The van der Waals surface area contributed by atoms with E-state index in [0.29, 0.717) is 33.5 Å². The van der Waals surface area contributed by atoms with Gasteiger partial charge in [0, 0.05) is 23.7 Å². The predicted molar refractivity (Wildman–Crippen MR) is 147 cm³/mol. The van der Waals surface area contributed by atoms with Crippen LogP contribution in [0.5, 0.6) is 5.75 Å². The number of benzene rings is 3. The van der Waals surface area contributed by atoms with Crippen LogP contribution in [0, 0.1) is 0 Å². The normalized spacial score (nSPS) is 18.5. The molecule has 4 aromatic rings. The van der Waals surface area contributed by atoms with Gasteiger partial charge in [-0.25, -0.2) is 9.78 Å². The van der Waals surface area contributed by atoms with Gasteiger partial charge in [-0.15, -0.1) is 0 Å². The molecule has 3 aromatic carbocycles. The molecule has 12 heteroatoms. The lowest BCUT2D eigenvalue weighted by Crippen LogP contribution is -2.52. The SMILES string of the molecule is COc1ccc2c(c1)C(=O)N(CC1(c3ccc(-c4cc(C(F)(F)F)cc5c4ncn5C(C)C)cc3)NC(=O)NC1=O)C2. The van der Waals surface area contributed by atoms with Crippen molar-refractivity contribution >= 4 is 28.9 Å². The highest BCUT2D eigenvalue weighted by atomic mass is 19.4. The van der Waals surface area contributed by atoms with Crippen molar-refractivity contribution in [2.24, 2.45) is 0 Å². The average molecular weight is 578 g/mol. The van der Waals surface area contributed by atoms with E-state index in [1.807, 2.05) is 13.8 Å². The van der Waals surface area contributed by atoms with Crippen molar-refractivity contribution in [1.29, 1.82) is 0 Å². The Kier molecular flexibility index (Phi) is 6.25. The first-order valence-corrected chi connectivity index (χ1v) is 13.2. The quantitative estimate of drug-likeness (QED) is 0.314. The molecule has 216 valence electrons. The fourth-order valence-electron chi connectivity index (χ4n) is 5.64. The van der Waals surface area contributed by atoms with Crippen molar-refractivity contribution in [3.05, 3.63) is 83.2 Å². The van der Waals surface area contributed by atoms with Crippen molar-refractivity contribution < 1.29 is 32.3 Å². The largest absolute Gasteiger partial charge is 0.497 e. The van der Waals surface area contributed by atoms with Crippen LogP contribution in [0.25, 0.3) is 22.2 Å². The zero-order valence-electron chi connectivity index (χ0n) is 22.9. The molecule has 3 heterocycles. The number of hydrogen-bond donors (Lipinski definition) is 2. The van der Waals surface area contributed by atoms with Gasteiger partial charge in [0.15, 0.2) is 5.54 Å². The summed E-state index contributed by atoms with van der Waals surface area (Å²) in [4.78, 5) is 44.7. The standard InChI is InChI=1S/C30H26F3N5O4/c1-16(2)38-15-34-25-22(10-20(11-24(25)38)30(31,32)33)17-4-7-19(8-5-17)29(27(40)35-28(41)36-29)14-37-13-18-6-9-21(42-3)12-23(18)26(37)39/h4-12,15-16H,13-14H2,1-3H3,(H2,35,36,40,41). The van der Waals surface area contributed by atoms with E-state index in [2.05, 4.69) is 15.6 Å². The second kappa shape index (κ2) is 9.61. The number of imide groups is 1. The second-order valence-electron chi connectivity index (χ2n) is 10.7. The van der Waals surface area contributed by atoms with Crippen molar-refractivity contribution in [2.75, 3.05) is 13.7 Å². The summed E-state index contributed by atoms with van der Waals surface area (Å²) in [6, 6.07) is 12.8. The Balaban J connectivity index is 1.39. The molecule has 0 spiro atoms. The third-order valence-corrected chi connectivity index (χ3v) is 7.82. The number of halogens is 3. The number of nitrogens with zero attached hydrogens (tertiary/aromatic N) is 3. The number of imidazole rings is 1. The Hall–Kier alpha value is -4.87. The molecule has 0 bridgehead atoms. The van der Waals surface area contributed by atoms with Crippen LogP contribution in [0.4, 0.5) is 18.0 Å². The van der Waals surface area contributed by atoms with Gasteiger partial charge in [-0.1, -0.05) is 30.3 Å². The van der Waals surface area contributed by atoms with Gasteiger partial charge in [0.05, 0.1) is 36.6 Å². The van der Waals surface area contributed by atoms with E-state index in [9.17, 15) is 27.6 Å². The summed E-state index contributed by atoms with van der Waals surface area (Å²) in [5.74, 6) is -0.442. The number of rotatable bonds is 6. The fourth-order valence-corrected chi connectivity index (χ4v) is 5.64. The molecule has 0 saturated carbocycles. The molecular formula is C30H26F3N5O4. The van der Waals surface area contributed by atoms with Gasteiger partial charge in [0.2, 0.25) is 0 Å². The number of amides is 4. The number of fused-ring (bicyclic) bond motifs is 2. The average Bonchev–Trinajstić information content (AvgIpc) is 3.61. The summed E-state index contributed by atoms with van der Waals surface area (Å²) >= 11 is 0. The van der Waals surface area contributed by atoms with Gasteiger partial charge in [0.1, 0.15) is 5.75 Å². The number of ether oxygens (including phenoxy) is 1. The molecule has 6 rings (SSSR count). The Morgan fingerprint density at radius 1 is 1.02 bits per heavy atom. The van der Waals surface area contributed by atoms with Gasteiger partial charge in [-0.3, -0.25) is 14.9 Å². The minimum Gasteiger partial charge on any atom is -0.497 e. The lowest BCUT2D eigenvalue weighted by Gasteiger charge is -2.31. The van der Waals surface area contributed by atoms with Crippen molar-refractivity contribution in [3.63, 3.8) is 0 Å². The summed E-state index contributed by atoms with van der Waals surface area (Å²) < 4.78 is 48.5. The maximum Gasteiger partial charge on any atom is 0.416 e. The highest BCUT2D eigenvalue weighted by Crippen LogP contribution is 2.39. The topological polar surface area (TPSA) is 106 Å². The van der Waals surface area contributed by atoms with E-state index in [1.54, 1.807) is 47.0 Å². The van der Waals surface area contributed by atoms with Crippen LogP contribution in [0.1, 0.15) is 46.9 Å². The number of aromatic nitrogens is 2. The number of alkyl halides is 3. The summed E-state index contributed by atoms with van der Waals surface area (Å²) in [6.45, 7) is 3.78. The first-order chi connectivity index (χ1) is 19.9. The van der Waals surface area contributed by atoms with Gasteiger partial charge in [-0.2, -0.15) is 13.2 Å². The lowest BCUT2D eigenvalue weighted by atomic mass is 9.87. The Morgan fingerprint density at radius 2 is 1.76 bits per heavy atom. The highest BCUT2D eigenvalue weighted by molar-refractivity contribution is 6.08. The molecule has 1 atom stereocenters. The zero-order chi connectivity index (χ0) is 30.0. The molecule has 1 unspecified atom stereocenters. The van der Waals surface area contributed by atoms with Crippen molar-refractivity contribution in [1.82, 2.24) is 25.1 Å². The van der Waals surface area contributed by atoms with E-state index in [0.717, 1.165) is 17.7 Å². The predicted octanol–water partition coefficient (Wildman–Crippen LogP) is 5.00. The second-order valence-corrected chi connectivity index (χ2v) is 10.7. The van der Waals surface area contributed by atoms with E-state index in [1.165, 1.54) is 18.3 Å². The maximum atomic E-state index is 13.9. The van der Waals surface area contributed by atoms with Gasteiger partial charge in [0.25, 0.3) is 11.8 Å². The molecule has 4 amide bonds. The molecular weight excluding hydrogens is 551 g/mol. The third kappa shape index (κ3) is 4.34. The molecule has 0 radical (unpaired) electrons. The molecule has 2 N–H and O–H groups in total. The first kappa shape index (κ1) is 27.3. The number of nitrogens with one attached hydrogen (secondary N) is 2. The molecule has 2 aliphatic rings. The molecule has 0 aliphatic carbocycles. The molecule has 2 aliphatic heterocycles. The fraction of sp³-hybridized carbons (Fsp3) is 0.267. The summed E-state index contributed by atoms with van der Waals surface area (Å²) in [5.41, 5.74) is 0.623. The Labute approximate surface area is 238 Å². The molecule has 1 saturated heterocycles. The highest BCUT2D eigenvalue weighted by Gasteiger charge is 2.50. The zero-order valence-corrected chi connectivity index (χ0v) is 22.9. The van der Waals surface area contributed by atoms with E-state index in [-0.39, 0.29) is 30.6 Å². The first-order valence-electron chi connectivity index (χ1n) is 13.2. The van der Waals surface area contributed by atoms with Gasteiger partial charge >= 0.3 is 12.2 Å². The molecule has 42 heavy (non-hydrogen) atoms. The molecule has 9 nitrogen and oxygen atoms in total.